The van der Waals surface area contributed by atoms with Gasteiger partial charge < -0.3 is 14.4 Å². The minimum absolute atomic E-state index is 0.0369. The van der Waals surface area contributed by atoms with E-state index in [2.05, 4.69) is 0 Å². The molecule has 8 nitrogen and oxygen atoms in total. The Morgan fingerprint density at radius 3 is 2.18 bits per heavy atom. The molecule has 0 unspecified atom stereocenters. The van der Waals surface area contributed by atoms with Gasteiger partial charge in [0.1, 0.15) is 11.5 Å². The summed E-state index contributed by atoms with van der Waals surface area (Å²) in [6.45, 7) is 0.198. The van der Waals surface area contributed by atoms with Crippen molar-refractivity contribution in [3.8, 4) is 11.5 Å². The van der Waals surface area contributed by atoms with Crippen molar-refractivity contribution >= 4 is 35.1 Å². The molecular weight excluding hydrogens is 436 g/mol. The second-order valence-electron chi connectivity index (χ2n) is 8.69. The van der Waals surface area contributed by atoms with Gasteiger partial charge in [-0.1, -0.05) is 24.3 Å². The summed E-state index contributed by atoms with van der Waals surface area (Å²) in [5.41, 5.74) is 1.04. The lowest BCUT2D eigenvalue weighted by atomic mass is 9.85. The van der Waals surface area contributed by atoms with Gasteiger partial charge >= 0.3 is 5.97 Å². The highest BCUT2D eigenvalue weighted by atomic mass is 16.5. The number of anilines is 2. The third-order valence-corrected chi connectivity index (χ3v) is 6.63. The summed E-state index contributed by atoms with van der Waals surface area (Å²) in [4.78, 5) is 53.9. The average molecular weight is 460 g/mol. The van der Waals surface area contributed by atoms with Crippen LogP contribution < -0.4 is 19.3 Å². The molecule has 3 aliphatic rings. The van der Waals surface area contributed by atoms with E-state index in [4.69, 9.17) is 9.47 Å². The Balaban J connectivity index is 1.29. The average Bonchev–Trinajstić information content (AvgIpc) is 3.37. The lowest BCUT2D eigenvalue weighted by molar-refractivity contribution is -0.139. The number of methoxy groups -OCH3 is 1. The van der Waals surface area contributed by atoms with Crippen molar-refractivity contribution < 1.29 is 28.7 Å². The first-order valence-corrected chi connectivity index (χ1v) is 11.2. The number of carbonyl (C=O) groups is 4. The van der Waals surface area contributed by atoms with Gasteiger partial charge in [0.25, 0.3) is 0 Å². The molecule has 0 spiro atoms. The summed E-state index contributed by atoms with van der Waals surface area (Å²) >= 11 is 0. The molecule has 3 atom stereocenters. The summed E-state index contributed by atoms with van der Waals surface area (Å²) in [6, 6.07) is 13.5. The number of imide groups is 1. The molecule has 2 aromatic rings. The van der Waals surface area contributed by atoms with Crippen molar-refractivity contribution in [3.63, 3.8) is 0 Å². The van der Waals surface area contributed by atoms with E-state index in [1.807, 2.05) is 12.2 Å². The van der Waals surface area contributed by atoms with Crippen molar-refractivity contribution in [1.29, 1.82) is 0 Å². The molecule has 0 bridgehead atoms. The smallest absolute Gasteiger partial charge is 0.316 e. The molecule has 0 aromatic heterocycles. The zero-order chi connectivity index (χ0) is 23.8. The van der Waals surface area contributed by atoms with Gasteiger partial charge in [0.15, 0.2) is 0 Å². The normalized spacial score (nSPS) is 23.9. The molecule has 2 saturated heterocycles. The van der Waals surface area contributed by atoms with Crippen LogP contribution in [0.1, 0.15) is 19.3 Å². The molecule has 174 valence electrons. The summed E-state index contributed by atoms with van der Waals surface area (Å²) in [5, 5.41) is 0. The second kappa shape index (κ2) is 8.78. The predicted octanol–water partition coefficient (Wildman–Crippen LogP) is 3.11. The minimum atomic E-state index is -0.633. The molecule has 34 heavy (non-hydrogen) atoms. The van der Waals surface area contributed by atoms with E-state index >= 15 is 0 Å². The van der Waals surface area contributed by atoms with E-state index in [1.165, 1.54) is 11.0 Å². The number of nitrogens with zero attached hydrogens (tertiary/aromatic N) is 2. The monoisotopic (exact) mass is 460 g/mol. The molecule has 0 saturated carbocycles. The van der Waals surface area contributed by atoms with Crippen molar-refractivity contribution in [1.82, 2.24) is 0 Å². The Kier molecular flexibility index (Phi) is 5.65. The third-order valence-electron chi connectivity index (χ3n) is 6.63. The summed E-state index contributed by atoms with van der Waals surface area (Å²) in [5.74, 6) is -1.62. The fraction of sp³-hybridized carbons (Fsp3) is 0.308. The highest BCUT2D eigenvalue weighted by Crippen LogP contribution is 2.38. The van der Waals surface area contributed by atoms with Crippen molar-refractivity contribution in [3.05, 3.63) is 60.7 Å². The molecule has 2 aliphatic heterocycles. The SMILES string of the molecule is COc1cccc(N2C[C@H](C(=O)Oc3cccc(N4C(=O)[C@H]5CC=CC[C@@H]5C4=O)c3)CC2=O)c1. The maximum absolute atomic E-state index is 12.9. The third kappa shape index (κ3) is 3.85. The number of esters is 1. The van der Waals surface area contributed by atoms with Crippen molar-refractivity contribution in [2.24, 2.45) is 17.8 Å². The molecule has 2 fully saturated rings. The second-order valence-corrected chi connectivity index (χ2v) is 8.69. The molecule has 2 aromatic carbocycles. The van der Waals surface area contributed by atoms with Crippen LogP contribution in [0, 0.1) is 17.8 Å². The van der Waals surface area contributed by atoms with Gasteiger partial charge in [-0.05, 0) is 37.1 Å². The molecule has 8 heteroatoms. The Labute approximate surface area is 196 Å². The van der Waals surface area contributed by atoms with Gasteiger partial charge in [0, 0.05) is 30.8 Å². The van der Waals surface area contributed by atoms with Crippen LogP contribution in [0.25, 0.3) is 0 Å². The fourth-order valence-electron chi connectivity index (χ4n) is 4.83. The van der Waals surface area contributed by atoms with Gasteiger partial charge in [-0.15, -0.1) is 0 Å². The van der Waals surface area contributed by atoms with Crippen LogP contribution in [-0.4, -0.2) is 37.3 Å². The molecular formula is C26H24N2O6. The van der Waals surface area contributed by atoms with Crippen LogP contribution in [0.4, 0.5) is 11.4 Å². The fourth-order valence-corrected chi connectivity index (χ4v) is 4.83. The summed E-state index contributed by atoms with van der Waals surface area (Å²) in [7, 11) is 1.55. The Morgan fingerprint density at radius 2 is 1.50 bits per heavy atom. The van der Waals surface area contributed by atoms with E-state index < -0.39 is 11.9 Å². The quantitative estimate of drug-likeness (QED) is 0.295. The van der Waals surface area contributed by atoms with Crippen LogP contribution in [-0.2, 0) is 19.2 Å². The number of carbonyl (C=O) groups excluding carboxylic acids is 4. The van der Waals surface area contributed by atoms with Crippen LogP contribution in [0.3, 0.4) is 0 Å². The molecule has 0 N–H and O–H groups in total. The number of fused-ring (bicyclic) bond motifs is 1. The highest BCUT2D eigenvalue weighted by Gasteiger charge is 2.48. The number of rotatable bonds is 5. The Hall–Kier alpha value is -3.94. The predicted molar refractivity (Wildman–Crippen MR) is 123 cm³/mol. The van der Waals surface area contributed by atoms with Gasteiger partial charge in [0.2, 0.25) is 17.7 Å². The van der Waals surface area contributed by atoms with E-state index in [0.29, 0.717) is 30.0 Å². The largest absolute Gasteiger partial charge is 0.497 e. The van der Waals surface area contributed by atoms with Crippen molar-refractivity contribution in [2.75, 3.05) is 23.5 Å². The van der Waals surface area contributed by atoms with Gasteiger partial charge in [0.05, 0.1) is 30.6 Å². The zero-order valence-corrected chi connectivity index (χ0v) is 18.7. The first-order valence-electron chi connectivity index (χ1n) is 11.2. The standard InChI is InChI=1S/C26H24N2O6/c1-33-19-8-4-6-17(13-19)27-15-16(12-23(27)29)26(32)34-20-9-5-7-18(14-20)28-24(30)21-10-2-3-11-22(21)25(28)31/h2-9,13-14,16,21-22H,10-12,15H2,1H3/t16-,21+,22+/m1/s1. The number of ether oxygens (including phenoxy) is 2. The number of hydrogen-bond donors (Lipinski definition) is 0. The van der Waals surface area contributed by atoms with Gasteiger partial charge in [-0.2, -0.15) is 0 Å². The number of hydrogen-bond acceptors (Lipinski definition) is 6. The number of benzene rings is 2. The van der Waals surface area contributed by atoms with Crippen molar-refractivity contribution in [2.45, 2.75) is 19.3 Å². The molecule has 2 heterocycles. The van der Waals surface area contributed by atoms with E-state index in [0.717, 1.165) is 0 Å². The number of allylic oxidation sites excluding steroid dienone is 2. The van der Waals surface area contributed by atoms with Crippen LogP contribution in [0.5, 0.6) is 11.5 Å². The molecule has 3 amide bonds. The minimum Gasteiger partial charge on any atom is -0.497 e. The van der Waals surface area contributed by atoms with E-state index in [9.17, 15) is 19.2 Å². The maximum Gasteiger partial charge on any atom is 0.316 e. The summed E-state index contributed by atoms with van der Waals surface area (Å²) < 4.78 is 10.8. The zero-order valence-electron chi connectivity index (χ0n) is 18.7. The Bertz CT molecular complexity index is 1180. The number of amides is 3. The lowest BCUT2D eigenvalue weighted by Gasteiger charge is -2.18. The van der Waals surface area contributed by atoms with Gasteiger partial charge in [-0.25, -0.2) is 4.90 Å². The molecule has 5 rings (SSSR count). The summed E-state index contributed by atoms with van der Waals surface area (Å²) in [6.07, 6.45) is 5.02. The van der Waals surface area contributed by atoms with E-state index in [1.54, 1.807) is 54.5 Å². The molecule has 0 radical (unpaired) electrons. The first kappa shape index (κ1) is 21.9. The lowest BCUT2D eigenvalue weighted by Crippen LogP contribution is -2.31. The first-order chi connectivity index (χ1) is 16.5. The van der Waals surface area contributed by atoms with Crippen LogP contribution >= 0.6 is 0 Å². The molecule has 1 aliphatic carbocycles. The maximum atomic E-state index is 12.9. The van der Waals surface area contributed by atoms with Gasteiger partial charge in [-0.3, -0.25) is 19.2 Å². The topological polar surface area (TPSA) is 93.2 Å². The van der Waals surface area contributed by atoms with Crippen LogP contribution in [0.2, 0.25) is 0 Å². The highest BCUT2D eigenvalue weighted by molar-refractivity contribution is 6.22. The van der Waals surface area contributed by atoms with E-state index in [-0.39, 0.29) is 48.3 Å². The van der Waals surface area contributed by atoms with Crippen LogP contribution in [0.15, 0.2) is 60.7 Å². The Morgan fingerprint density at radius 1 is 0.882 bits per heavy atom.